The maximum absolute atomic E-state index is 13.4. The lowest BCUT2D eigenvalue weighted by atomic mass is 10.00. The van der Waals surface area contributed by atoms with E-state index in [0.29, 0.717) is 29.4 Å². The van der Waals surface area contributed by atoms with Gasteiger partial charge in [-0.15, -0.1) is 0 Å². The van der Waals surface area contributed by atoms with E-state index in [1.165, 1.54) is 23.0 Å². The molecule has 0 fully saturated rings. The van der Waals surface area contributed by atoms with E-state index in [2.05, 4.69) is 25.0 Å². The van der Waals surface area contributed by atoms with Crippen molar-refractivity contribution in [1.29, 1.82) is 0 Å². The van der Waals surface area contributed by atoms with E-state index in [4.69, 9.17) is 5.73 Å². The monoisotopic (exact) mass is 382 g/mol. The van der Waals surface area contributed by atoms with E-state index in [9.17, 15) is 8.78 Å². The number of alkyl halides is 2. The molecule has 0 aliphatic carbocycles. The molecule has 1 aliphatic heterocycles. The van der Waals surface area contributed by atoms with Crippen molar-refractivity contribution in [2.75, 3.05) is 17.2 Å². The molecule has 5 rings (SSSR count). The Kier molecular flexibility index (Phi) is 3.71. The lowest BCUT2D eigenvalue weighted by Crippen LogP contribution is -2.37. The zero-order chi connectivity index (χ0) is 19.3. The fourth-order valence-corrected chi connectivity index (χ4v) is 3.65. The van der Waals surface area contributed by atoms with Gasteiger partial charge in [-0.1, -0.05) is 0 Å². The van der Waals surface area contributed by atoms with Crippen molar-refractivity contribution >= 4 is 17.2 Å². The van der Waals surface area contributed by atoms with Crippen LogP contribution in [0.2, 0.25) is 0 Å². The first-order valence-corrected chi connectivity index (χ1v) is 8.74. The molecule has 4 aromatic rings. The summed E-state index contributed by atoms with van der Waals surface area (Å²) in [7, 11) is 0. The molecule has 1 atom stereocenters. The number of anilines is 2. The van der Waals surface area contributed by atoms with Crippen molar-refractivity contribution in [2.45, 2.75) is 18.9 Å². The SMILES string of the molecule is Nc1cnc(N2CCc3[nH]cnc3C2c2cc3c(C(F)F)cccn3n2)nc1. The molecule has 0 saturated heterocycles. The lowest BCUT2D eigenvalue weighted by molar-refractivity contribution is 0.152. The van der Waals surface area contributed by atoms with E-state index >= 15 is 0 Å². The summed E-state index contributed by atoms with van der Waals surface area (Å²) in [5.74, 6) is 0.485. The van der Waals surface area contributed by atoms with Gasteiger partial charge < -0.3 is 15.6 Å². The summed E-state index contributed by atoms with van der Waals surface area (Å²) in [5.41, 5.74) is 8.86. The third-order valence-corrected chi connectivity index (χ3v) is 4.91. The van der Waals surface area contributed by atoms with Crippen molar-refractivity contribution in [1.82, 2.24) is 29.5 Å². The predicted octanol–water partition coefficient (Wildman–Crippen LogP) is 2.52. The summed E-state index contributed by atoms with van der Waals surface area (Å²) >= 11 is 0. The van der Waals surface area contributed by atoms with E-state index in [-0.39, 0.29) is 5.56 Å². The number of H-pyrrole nitrogens is 1. The summed E-state index contributed by atoms with van der Waals surface area (Å²) in [6.07, 6.45) is 4.51. The minimum atomic E-state index is -2.59. The van der Waals surface area contributed by atoms with Crippen LogP contribution in [0.15, 0.2) is 43.1 Å². The molecule has 0 saturated carbocycles. The molecule has 5 heterocycles. The third-order valence-electron chi connectivity index (χ3n) is 4.91. The molecule has 1 aliphatic rings. The molecule has 0 radical (unpaired) electrons. The van der Waals surface area contributed by atoms with Crippen LogP contribution >= 0.6 is 0 Å². The van der Waals surface area contributed by atoms with Gasteiger partial charge in [0, 0.05) is 30.4 Å². The largest absolute Gasteiger partial charge is 0.396 e. The minimum absolute atomic E-state index is 0.0606. The number of nitrogens with one attached hydrogen (secondary N) is 1. The highest BCUT2D eigenvalue weighted by atomic mass is 19.3. The van der Waals surface area contributed by atoms with Crippen molar-refractivity contribution in [3.05, 3.63) is 65.8 Å². The first-order chi connectivity index (χ1) is 13.6. The first-order valence-electron chi connectivity index (χ1n) is 8.74. The summed E-state index contributed by atoms with van der Waals surface area (Å²) < 4.78 is 28.3. The van der Waals surface area contributed by atoms with Crippen molar-refractivity contribution in [3.63, 3.8) is 0 Å². The first kappa shape index (κ1) is 16.6. The maximum atomic E-state index is 13.4. The average molecular weight is 382 g/mol. The molecule has 1 unspecified atom stereocenters. The van der Waals surface area contributed by atoms with Crippen LogP contribution in [0.3, 0.4) is 0 Å². The van der Waals surface area contributed by atoms with E-state index in [1.54, 1.807) is 24.7 Å². The molecular weight excluding hydrogens is 366 g/mol. The number of nitrogens with zero attached hydrogens (tertiary/aromatic N) is 6. The summed E-state index contributed by atoms with van der Waals surface area (Å²) in [6.45, 7) is 0.624. The summed E-state index contributed by atoms with van der Waals surface area (Å²) in [6, 6.07) is 4.25. The second-order valence-electron chi connectivity index (χ2n) is 6.59. The Balaban J connectivity index is 1.67. The number of aromatic amines is 1. The topological polar surface area (TPSA) is 101 Å². The van der Waals surface area contributed by atoms with Gasteiger partial charge in [-0.05, 0) is 18.2 Å². The molecule has 0 amide bonds. The Hall–Kier alpha value is -3.56. The average Bonchev–Trinajstić information content (AvgIpc) is 3.34. The van der Waals surface area contributed by atoms with Gasteiger partial charge in [0.25, 0.3) is 6.43 Å². The number of aromatic nitrogens is 6. The molecule has 10 heteroatoms. The van der Waals surface area contributed by atoms with E-state index in [1.807, 2.05) is 4.90 Å². The van der Waals surface area contributed by atoms with Crippen LogP contribution in [-0.4, -0.2) is 36.1 Å². The van der Waals surface area contributed by atoms with Crippen molar-refractivity contribution in [3.8, 4) is 0 Å². The van der Waals surface area contributed by atoms with Crippen LogP contribution in [0, 0.1) is 0 Å². The second kappa shape index (κ2) is 6.25. The smallest absolute Gasteiger partial charge is 0.265 e. The zero-order valence-electron chi connectivity index (χ0n) is 14.6. The second-order valence-corrected chi connectivity index (χ2v) is 6.59. The van der Waals surface area contributed by atoms with Crippen LogP contribution in [-0.2, 0) is 6.42 Å². The molecule has 0 spiro atoms. The number of hydrogen-bond acceptors (Lipinski definition) is 6. The van der Waals surface area contributed by atoms with Gasteiger partial charge in [0.15, 0.2) is 0 Å². The highest BCUT2D eigenvalue weighted by molar-refractivity contribution is 5.58. The highest BCUT2D eigenvalue weighted by Gasteiger charge is 2.34. The van der Waals surface area contributed by atoms with Crippen LogP contribution in [0.25, 0.3) is 5.52 Å². The standard InChI is InChI=1S/C18H16F2N8/c19-17(20)11-2-1-4-28-14(11)6-13(26-28)16-15-12(24-9-25-15)3-5-27(16)18-22-7-10(21)8-23-18/h1-2,4,6-9,16-17H,3,5,21H2,(H,24,25). The van der Waals surface area contributed by atoms with Crippen LogP contribution in [0.4, 0.5) is 20.4 Å². The number of rotatable bonds is 3. The Morgan fingerprint density at radius 2 is 2.04 bits per heavy atom. The molecule has 8 nitrogen and oxygen atoms in total. The number of fused-ring (bicyclic) bond motifs is 2. The quantitative estimate of drug-likeness (QED) is 0.565. The van der Waals surface area contributed by atoms with Crippen molar-refractivity contribution < 1.29 is 8.78 Å². The Morgan fingerprint density at radius 3 is 2.82 bits per heavy atom. The van der Waals surface area contributed by atoms with Gasteiger partial charge in [0.2, 0.25) is 5.95 Å². The van der Waals surface area contributed by atoms with Crippen molar-refractivity contribution in [2.24, 2.45) is 0 Å². The normalized spacial score (nSPS) is 16.7. The fourth-order valence-electron chi connectivity index (χ4n) is 3.65. The number of pyridine rings is 1. The Bertz CT molecular complexity index is 1130. The molecule has 4 aromatic heterocycles. The molecular formula is C18H16F2N8. The predicted molar refractivity (Wildman–Crippen MR) is 98.1 cm³/mol. The van der Waals surface area contributed by atoms with Crippen LogP contribution < -0.4 is 10.6 Å². The highest BCUT2D eigenvalue weighted by Crippen LogP contribution is 2.36. The Morgan fingerprint density at radius 1 is 1.21 bits per heavy atom. The third kappa shape index (κ3) is 2.56. The zero-order valence-corrected chi connectivity index (χ0v) is 14.6. The number of nitrogens with two attached hydrogens (primary N) is 1. The number of nitrogen functional groups attached to an aromatic ring is 1. The van der Waals surface area contributed by atoms with Crippen LogP contribution in [0.1, 0.15) is 35.1 Å². The number of hydrogen-bond donors (Lipinski definition) is 2. The van der Waals surface area contributed by atoms with Gasteiger partial charge in [-0.2, -0.15) is 5.10 Å². The van der Waals surface area contributed by atoms with E-state index in [0.717, 1.165) is 17.8 Å². The lowest BCUT2D eigenvalue weighted by Gasteiger charge is -2.33. The molecule has 28 heavy (non-hydrogen) atoms. The van der Waals surface area contributed by atoms with Gasteiger partial charge in [0.1, 0.15) is 6.04 Å². The molecule has 3 N–H and O–H groups in total. The molecule has 142 valence electrons. The summed E-state index contributed by atoms with van der Waals surface area (Å²) in [4.78, 5) is 18.2. The van der Waals surface area contributed by atoms with E-state index < -0.39 is 12.5 Å². The number of halogens is 2. The minimum Gasteiger partial charge on any atom is -0.396 e. The van der Waals surface area contributed by atoms with Gasteiger partial charge >= 0.3 is 0 Å². The Labute approximate surface area is 158 Å². The summed E-state index contributed by atoms with van der Waals surface area (Å²) in [5, 5.41) is 4.56. The molecule has 0 aromatic carbocycles. The van der Waals surface area contributed by atoms with Crippen LogP contribution in [0.5, 0.6) is 0 Å². The maximum Gasteiger partial charge on any atom is 0.265 e. The molecule has 0 bridgehead atoms. The van der Waals surface area contributed by atoms with Gasteiger partial charge in [-0.25, -0.2) is 28.2 Å². The van der Waals surface area contributed by atoms with Gasteiger partial charge in [-0.3, -0.25) is 0 Å². The fraction of sp³-hybridized carbons (Fsp3) is 0.222. The van der Waals surface area contributed by atoms with Gasteiger partial charge in [0.05, 0.1) is 41.3 Å². The number of imidazole rings is 1.